The summed E-state index contributed by atoms with van der Waals surface area (Å²) in [6.45, 7) is 1.96. The standard InChI is InChI=1S/C8H9N3OS/c1-2-5-8(12)11-7(10-5)6-3-9-4-13-6/h3-4,12H,2H2,1H3,(H,10,11). The molecule has 0 bridgehead atoms. The van der Waals surface area contributed by atoms with E-state index in [1.54, 1.807) is 11.7 Å². The molecule has 68 valence electrons. The van der Waals surface area contributed by atoms with Gasteiger partial charge in [-0.15, -0.1) is 11.3 Å². The van der Waals surface area contributed by atoms with Gasteiger partial charge in [0.15, 0.2) is 5.82 Å². The molecule has 0 unspecified atom stereocenters. The van der Waals surface area contributed by atoms with E-state index in [4.69, 9.17) is 0 Å². The lowest BCUT2D eigenvalue weighted by Gasteiger charge is -1.87. The lowest BCUT2D eigenvalue weighted by Crippen LogP contribution is -1.79. The van der Waals surface area contributed by atoms with E-state index in [-0.39, 0.29) is 5.88 Å². The lowest BCUT2D eigenvalue weighted by molar-refractivity contribution is 0.450. The Hall–Kier alpha value is -1.36. The van der Waals surface area contributed by atoms with Crippen LogP contribution in [0, 0.1) is 0 Å². The van der Waals surface area contributed by atoms with Gasteiger partial charge in [0.1, 0.15) is 0 Å². The van der Waals surface area contributed by atoms with Gasteiger partial charge in [-0.25, -0.2) is 0 Å². The minimum Gasteiger partial charge on any atom is -0.492 e. The third-order valence-corrected chi connectivity index (χ3v) is 2.56. The molecule has 0 aliphatic carbocycles. The molecule has 2 aromatic rings. The SMILES string of the molecule is CCc1[nH]c(-c2cncs2)nc1O. The zero-order valence-electron chi connectivity index (χ0n) is 7.11. The molecule has 0 saturated carbocycles. The Morgan fingerprint density at radius 1 is 1.62 bits per heavy atom. The topological polar surface area (TPSA) is 61.8 Å². The fourth-order valence-electron chi connectivity index (χ4n) is 1.10. The highest BCUT2D eigenvalue weighted by atomic mass is 32.1. The number of rotatable bonds is 2. The first-order valence-electron chi connectivity index (χ1n) is 3.98. The number of nitrogens with one attached hydrogen (secondary N) is 1. The zero-order chi connectivity index (χ0) is 9.26. The number of H-pyrrole nitrogens is 1. The van der Waals surface area contributed by atoms with E-state index in [0.29, 0.717) is 5.82 Å². The minimum atomic E-state index is 0.0888. The molecular formula is C8H9N3OS. The minimum absolute atomic E-state index is 0.0888. The lowest BCUT2D eigenvalue weighted by atomic mass is 10.4. The van der Waals surface area contributed by atoms with Crippen molar-refractivity contribution in [1.29, 1.82) is 0 Å². The summed E-state index contributed by atoms with van der Waals surface area (Å²) < 4.78 is 0. The second-order valence-corrected chi connectivity index (χ2v) is 3.49. The summed E-state index contributed by atoms with van der Waals surface area (Å²) in [5, 5.41) is 9.37. The molecule has 5 heteroatoms. The van der Waals surface area contributed by atoms with E-state index in [2.05, 4.69) is 15.0 Å². The van der Waals surface area contributed by atoms with Crippen LogP contribution in [0.3, 0.4) is 0 Å². The molecule has 0 aliphatic rings. The zero-order valence-corrected chi connectivity index (χ0v) is 7.93. The van der Waals surface area contributed by atoms with Crippen LogP contribution in [0.2, 0.25) is 0 Å². The molecule has 0 radical (unpaired) electrons. The molecule has 2 heterocycles. The number of aromatic amines is 1. The van der Waals surface area contributed by atoms with E-state index in [9.17, 15) is 5.11 Å². The highest BCUT2D eigenvalue weighted by Gasteiger charge is 2.09. The summed E-state index contributed by atoms with van der Waals surface area (Å²) in [6.07, 6.45) is 2.47. The number of imidazole rings is 1. The van der Waals surface area contributed by atoms with Crippen LogP contribution in [0.15, 0.2) is 11.7 Å². The fraction of sp³-hybridized carbons (Fsp3) is 0.250. The second kappa shape index (κ2) is 3.18. The summed E-state index contributed by atoms with van der Waals surface area (Å²) >= 11 is 1.49. The van der Waals surface area contributed by atoms with Crippen LogP contribution in [-0.2, 0) is 6.42 Å². The molecule has 2 N–H and O–H groups in total. The Balaban J connectivity index is 2.43. The molecule has 0 aliphatic heterocycles. The van der Waals surface area contributed by atoms with Crippen molar-refractivity contribution in [2.24, 2.45) is 0 Å². The van der Waals surface area contributed by atoms with Crippen molar-refractivity contribution in [3.05, 3.63) is 17.4 Å². The van der Waals surface area contributed by atoms with Crippen molar-refractivity contribution in [2.75, 3.05) is 0 Å². The summed E-state index contributed by atoms with van der Waals surface area (Å²) in [5.41, 5.74) is 2.50. The predicted molar refractivity (Wildman–Crippen MR) is 50.7 cm³/mol. The van der Waals surface area contributed by atoms with Crippen molar-refractivity contribution in [2.45, 2.75) is 13.3 Å². The molecule has 2 rings (SSSR count). The Kier molecular flexibility index (Phi) is 2.02. The average Bonchev–Trinajstić information content (AvgIpc) is 2.71. The molecule has 0 saturated heterocycles. The van der Waals surface area contributed by atoms with Gasteiger partial charge in [0, 0.05) is 6.20 Å². The molecular weight excluding hydrogens is 186 g/mol. The Morgan fingerprint density at radius 3 is 3.00 bits per heavy atom. The Labute approximate surface area is 79.3 Å². The quantitative estimate of drug-likeness (QED) is 0.768. The van der Waals surface area contributed by atoms with Crippen LogP contribution in [0.25, 0.3) is 10.7 Å². The molecule has 0 amide bonds. The first-order chi connectivity index (χ1) is 6.31. The number of nitrogens with zero attached hydrogens (tertiary/aromatic N) is 2. The first-order valence-corrected chi connectivity index (χ1v) is 4.86. The summed E-state index contributed by atoms with van der Waals surface area (Å²) in [7, 11) is 0. The highest BCUT2D eigenvalue weighted by Crippen LogP contribution is 2.24. The van der Waals surface area contributed by atoms with Gasteiger partial charge in [-0.1, -0.05) is 6.92 Å². The van der Waals surface area contributed by atoms with Crippen molar-refractivity contribution in [1.82, 2.24) is 15.0 Å². The van der Waals surface area contributed by atoms with E-state index in [1.165, 1.54) is 11.3 Å². The van der Waals surface area contributed by atoms with Gasteiger partial charge in [0.25, 0.3) is 0 Å². The smallest absolute Gasteiger partial charge is 0.232 e. The molecule has 0 atom stereocenters. The van der Waals surface area contributed by atoms with Crippen molar-refractivity contribution in [3.8, 4) is 16.6 Å². The summed E-state index contributed by atoms with van der Waals surface area (Å²) in [4.78, 5) is 11.9. The average molecular weight is 195 g/mol. The van der Waals surface area contributed by atoms with Gasteiger partial charge in [0.2, 0.25) is 5.88 Å². The van der Waals surface area contributed by atoms with Gasteiger partial charge in [-0.2, -0.15) is 4.98 Å². The molecule has 2 aromatic heterocycles. The largest absolute Gasteiger partial charge is 0.492 e. The van der Waals surface area contributed by atoms with Gasteiger partial charge >= 0.3 is 0 Å². The van der Waals surface area contributed by atoms with Crippen LogP contribution >= 0.6 is 11.3 Å². The van der Waals surface area contributed by atoms with Crippen LogP contribution in [0.5, 0.6) is 5.88 Å². The van der Waals surface area contributed by atoms with E-state index >= 15 is 0 Å². The molecule has 0 spiro atoms. The maximum absolute atomic E-state index is 9.37. The van der Waals surface area contributed by atoms with Gasteiger partial charge in [-0.3, -0.25) is 4.98 Å². The molecule has 0 aromatic carbocycles. The van der Waals surface area contributed by atoms with E-state index in [0.717, 1.165) is 17.0 Å². The van der Waals surface area contributed by atoms with Crippen molar-refractivity contribution < 1.29 is 5.11 Å². The number of thiazole rings is 1. The maximum Gasteiger partial charge on any atom is 0.232 e. The number of hydrogen-bond donors (Lipinski definition) is 2. The van der Waals surface area contributed by atoms with Crippen LogP contribution in [0.4, 0.5) is 0 Å². The summed E-state index contributed by atoms with van der Waals surface area (Å²) in [5.74, 6) is 0.780. The van der Waals surface area contributed by atoms with Crippen LogP contribution in [-0.4, -0.2) is 20.1 Å². The number of aromatic hydroxyl groups is 1. The Morgan fingerprint density at radius 2 is 2.46 bits per heavy atom. The van der Waals surface area contributed by atoms with E-state index < -0.39 is 0 Å². The van der Waals surface area contributed by atoms with Crippen LogP contribution in [0.1, 0.15) is 12.6 Å². The first kappa shape index (κ1) is 8.25. The molecule has 0 fully saturated rings. The predicted octanol–water partition coefficient (Wildman–Crippen LogP) is 1.80. The summed E-state index contributed by atoms with van der Waals surface area (Å²) in [6, 6.07) is 0. The number of aryl methyl sites for hydroxylation is 1. The van der Waals surface area contributed by atoms with Crippen molar-refractivity contribution in [3.63, 3.8) is 0 Å². The fourth-order valence-corrected chi connectivity index (χ4v) is 1.66. The Bertz CT molecular complexity index is 393. The third kappa shape index (κ3) is 1.42. The number of aromatic nitrogens is 3. The maximum atomic E-state index is 9.37. The van der Waals surface area contributed by atoms with Gasteiger partial charge in [0.05, 0.1) is 16.1 Å². The molecule has 4 nitrogen and oxygen atoms in total. The third-order valence-electron chi connectivity index (χ3n) is 1.78. The molecule has 13 heavy (non-hydrogen) atoms. The van der Waals surface area contributed by atoms with Gasteiger partial charge < -0.3 is 10.1 Å². The highest BCUT2D eigenvalue weighted by molar-refractivity contribution is 7.13. The van der Waals surface area contributed by atoms with E-state index in [1.807, 2.05) is 6.92 Å². The second-order valence-electron chi connectivity index (χ2n) is 2.61. The van der Waals surface area contributed by atoms with Gasteiger partial charge in [-0.05, 0) is 6.42 Å². The monoisotopic (exact) mass is 195 g/mol. The van der Waals surface area contributed by atoms with Crippen LogP contribution < -0.4 is 0 Å². The normalized spacial score (nSPS) is 10.5. The number of hydrogen-bond acceptors (Lipinski definition) is 4. The van der Waals surface area contributed by atoms with Crippen molar-refractivity contribution >= 4 is 11.3 Å².